The average Bonchev–Trinajstić information content (AvgIpc) is 2.84. The lowest BCUT2D eigenvalue weighted by Gasteiger charge is -2.39. The second kappa shape index (κ2) is 10.4. The van der Waals surface area contributed by atoms with E-state index in [-0.39, 0.29) is 25.3 Å². The number of nitrogens with zero attached hydrogens (tertiary/aromatic N) is 2. The van der Waals surface area contributed by atoms with Gasteiger partial charge in [-0.25, -0.2) is 0 Å². The van der Waals surface area contributed by atoms with Crippen LogP contribution in [0.1, 0.15) is 45.6 Å². The third kappa shape index (κ3) is 5.20. The summed E-state index contributed by atoms with van der Waals surface area (Å²) in [6, 6.07) is 8.08. The van der Waals surface area contributed by atoms with Crippen molar-refractivity contribution in [2.24, 2.45) is 0 Å². The average molecular weight is 505 g/mol. The van der Waals surface area contributed by atoms with Crippen LogP contribution in [0.4, 0.5) is 0 Å². The van der Waals surface area contributed by atoms with Crippen molar-refractivity contribution >= 4 is 10.2 Å². The lowest BCUT2D eigenvalue weighted by molar-refractivity contribution is -0.0171. The van der Waals surface area contributed by atoms with Gasteiger partial charge in [0.25, 0.3) is 10.2 Å². The van der Waals surface area contributed by atoms with Gasteiger partial charge < -0.3 is 18.9 Å². The zero-order valence-corrected chi connectivity index (χ0v) is 22.3. The van der Waals surface area contributed by atoms with Crippen LogP contribution in [0.3, 0.4) is 0 Å². The van der Waals surface area contributed by atoms with Crippen molar-refractivity contribution in [3.63, 3.8) is 0 Å². The Morgan fingerprint density at radius 2 is 1.06 bits per heavy atom. The molecule has 0 bridgehead atoms. The highest BCUT2D eigenvalue weighted by molar-refractivity contribution is 7.86. The number of rotatable bonds is 6. The normalized spacial score (nSPS) is 22.2. The maximum Gasteiger partial charge on any atom is 0.282 e. The third-order valence-corrected chi connectivity index (χ3v) is 8.80. The van der Waals surface area contributed by atoms with Crippen molar-refractivity contribution in [1.82, 2.24) is 8.61 Å². The van der Waals surface area contributed by atoms with Crippen LogP contribution in [-0.2, 0) is 19.7 Å². The highest BCUT2D eigenvalue weighted by Crippen LogP contribution is 2.34. The smallest absolute Gasteiger partial charge is 0.282 e. The lowest BCUT2D eigenvalue weighted by atomic mass is 10.0. The Hall–Kier alpha value is -2.17. The Balaban J connectivity index is 1.52. The molecule has 192 valence electrons. The molecule has 2 heterocycles. The third-order valence-electron chi connectivity index (χ3n) is 6.83. The molecule has 2 aliphatic rings. The fraction of sp³-hybridized carbons (Fsp3) is 0.538. The lowest BCUT2D eigenvalue weighted by Crippen LogP contribution is -2.52. The molecule has 0 saturated carbocycles. The van der Waals surface area contributed by atoms with Crippen molar-refractivity contribution in [2.45, 2.75) is 39.9 Å². The number of hydrogen-bond acceptors (Lipinski definition) is 6. The minimum atomic E-state index is -3.68. The van der Waals surface area contributed by atoms with Crippen LogP contribution in [-0.4, -0.2) is 70.6 Å². The molecule has 0 radical (unpaired) electrons. The summed E-state index contributed by atoms with van der Waals surface area (Å²) in [6.45, 7) is 9.86. The minimum Gasteiger partial charge on any atom is -0.496 e. The number of aryl methyl sites for hydroxylation is 4. The Morgan fingerprint density at radius 1 is 0.714 bits per heavy atom. The monoisotopic (exact) mass is 504 g/mol. The van der Waals surface area contributed by atoms with Crippen molar-refractivity contribution in [3.05, 3.63) is 57.6 Å². The molecular weight excluding hydrogens is 468 g/mol. The zero-order valence-electron chi connectivity index (χ0n) is 21.5. The molecule has 4 rings (SSSR count). The molecule has 2 aliphatic heterocycles. The van der Waals surface area contributed by atoms with Crippen LogP contribution < -0.4 is 9.47 Å². The number of methoxy groups -OCH3 is 2. The molecular formula is C26H36N2O6S. The minimum absolute atomic E-state index is 0.274. The Morgan fingerprint density at radius 3 is 1.37 bits per heavy atom. The summed E-state index contributed by atoms with van der Waals surface area (Å²) in [5.41, 5.74) is 5.95. The van der Waals surface area contributed by atoms with Crippen molar-refractivity contribution in [1.29, 1.82) is 0 Å². The fourth-order valence-corrected chi connectivity index (χ4v) is 6.81. The molecule has 2 atom stereocenters. The van der Waals surface area contributed by atoms with E-state index in [1.54, 1.807) is 22.8 Å². The van der Waals surface area contributed by atoms with E-state index < -0.39 is 10.2 Å². The highest BCUT2D eigenvalue weighted by atomic mass is 32.2. The van der Waals surface area contributed by atoms with E-state index >= 15 is 0 Å². The van der Waals surface area contributed by atoms with Gasteiger partial charge in [0.1, 0.15) is 11.5 Å². The number of benzene rings is 2. The van der Waals surface area contributed by atoms with Gasteiger partial charge >= 0.3 is 0 Å². The topological polar surface area (TPSA) is 77.5 Å². The maximum absolute atomic E-state index is 13.7. The first-order valence-electron chi connectivity index (χ1n) is 11.9. The van der Waals surface area contributed by atoms with Gasteiger partial charge in [0.2, 0.25) is 0 Å². The summed E-state index contributed by atoms with van der Waals surface area (Å²) < 4.78 is 53.4. The number of ether oxygens (including phenoxy) is 4. The second-order valence-corrected chi connectivity index (χ2v) is 11.2. The molecule has 2 unspecified atom stereocenters. The second-order valence-electron chi connectivity index (χ2n) is 9.32. The quantitative estimate of drug-likeness (QED) is 0.598. The molecule has 0 aromatic heterocycles. The Labute approximate surface area is 208 Å². The number of hydrogen-bond donors (Lipinski definition) is 0. The first kappa shape index (κ1) is 25.9. The predicted octanol–water partition coefficient (Wildman–Crippen LogP) is 3.63. The Bertz CT molecular complexity index is 1050. The van der Waals surface area contributed by atoms with Gasteiger partial charge in [-0.15, -0.1) is 0 Å². The summed E-state index contributed by atoms with van der Waals surface area (Å²) >= 11 is 0. The van der Waals surface area contributed by atoms with Gasteiger partial charge in [-0.05, 0) is 85.3 Å². The summed E-state index contributed by atoms with van der Waals surface area (Å²) in [6.07, 6.45) is -0.656. The van der Waals surface area contributed by atoms with Crippen LogP contribution >= 0.6 is 0 Å². The zero-order chi connectivity index (χ0) is 25.3. The van der Waals surface area contributed by atoms with E-state index in [0.29, 0.717) is 26.3 Å². The number of morpholine rings is 2. The molecule has 35 heavy (non-hydrogen) atoms. The van der Waals surface area contributed by atoms with Gasteiger partial charge in [0, 0.05) is 26.2 Å². The Kier molecular flexibility index (Phi) is 7.73. The standard InChI is InChI=1S/C26H36N2O6S/c1-17-11-21(12-18(2)25(17)31-5)23-15-27(7-9-33-23)35(29,30)28-8-10-34-24(16-28)22-13-19(3)26(32-6)20(4)14-22/h11-14,23-24H,7-10,15-16H2,1-6H3. The van der Waals surface area contributed by atoms with Gasteiger partial charge in [0.15, 0.2) is 0 Å². The summed E-state index contributed by atoms with van der Waals surface area (Å²) in [7, 11) is -0.361. The molecule has 0 spiro atoms. The summed E-state index contributed by atoms with van der Waals surface area (Å²) in [5.74, 6) is 1.69. The van der Waals surface area contributed by atoms with Crippen LogP contribution in [0.15, 0.2) is 24.3 Å². The fourth-order valence-electron chi connectivity index (χ4n) is 5.22. The van der Waals surface area contributed by atoms with Crippen LogP contribution in [0.5, 0.6) is 11.5 Å². The van der Waals surface area contributed by atoms with E-state index in [1.807, 2.05) is 52.0 Å². The maximum atomic E-state index is 13.7. The van der Waals surface area contributed by atoms with Crippen LogP contribution in [0, 0.1) is 27.7 Å². The van der Waals surface area contributed by atoms with Gasteiger partial charge in [0.05, 0.1) is 39.6 Å². The van der Waals surface area contributed by atoms with Crippen LogP contribution in [0.2, 0.25) is 0 Å². The van der Waals surface area contributed by atoms with Gasteiger partial charge in [-0.1, -0.05) is 0 Å². The molecule has 9 heteroatoms. The van der Waals surface area contributed by atoms with E-state index in [9.17, 15) is 8.42 Å². The van der Waals surface area contributed by atoms with Gasteiger partial charge in [-0.2, -0.15) is 17.0 Å². The van der Waals surface area contributed by atoms with Crippen molar-refractivity contribution < 1.29 is 27.4 Å². The molecule has 8 nitrogen and oxygen atoms in total. The largest absolute Gasteiger partial charge is 0.496 e. The molecule has 0 aliphatic carbocycles. The first-order valence-corrected chi connectivity index (χ1v) is 13.3. The predicted molar refractivity (Wildman–Crippen MR) is 134 cm³/mol. The SMILES string of the molecule is COc1c(C)cc(C2CN(S(=O)(=O)N3CCOC(c4cc(C)c(OC)c(C)c4)C3)CCO2)cc1C. The van der Waals surface area contributed by atoms with Crippen molar-refractivity contribution in [3.8, 4) is 11.5 Å². The van der Waals surface area contributed by atoms with Crippen LogP contribution in [0.25, 0.3) is 0 Å². The highest BCUT2D eigenvalue weighted by Gasteiger charge is 2.38. The van der Waals surface area contributed by atoms with E-state index in [4.69, 9.17) is 18.9 Å². The van der Waals surface area contributed by atoms with Gasteiger partial charge in [-0.3, -0.25) is 0 Å². The first-order chi connectivity index (χ1) is 16.6. The van der Waals surface area contributed by atoms with Crippen molar-refractivity contribution in [2.75, 3.05) is 53.6 Å². The van der Waals surface area contributed by atoms with E-state index in [0.717, 1.165) is 44.9 Å². The van der Waals surface area contributed by atoms with E-state index in [2.05, 4.69) is 0 Å². The summed E-state index contributed by atoms with van der Waals surface area (Å²) in [5, 5.41) is 0. The molecule has 2 aromatic rings. The molecule has 2 aromatic carbocycles. The molecule has 0 amide bonds. The van der Waals surface area contributed by atoms with E-state index in [1.165, 1.54) is 0 Å². The molecule has 0 N–H and O–H groups in total. The molecule has 2 fully saturated rings. The molecule has 2 saturated heterocycles. The summed E-state index contributed by atoms with van der Waals surface area (Å²) in [4.78, 5) is 0.